The number of rotatable bonds is 7. The number of benzene rings is 1. The van der Waals surface area contributed by atoms with Crippen LogP contribution in [0, 0.1) is 6.92 Å². The molecule has 1 aromatic carbocycles. The van der Waals surface area contributed by atoms with Gasteiger partial charge in [-0.3, -0.25) is 0 Å². The van der Waals surface area contributed by atoms with Crippen molar-refractivity contribution in [2.45, 2.75) is 78.4 Å². The summed E-state index contributed by atoms with van der Waals surface area (Å²) in [6, 6.07) is 13.6. The first-order valence-corrected chi connectivity index (χ1v) is 10.8. The molecule has 0 spiro atoms. The third-order valence-electron chi connectivity index (χ3n) is 5.91. The average molecular weight is 364 g/mol. The summed E-state index contributed by atoms with van der Waals surface area (Å²) >= 11 is 0. The summed E-state index contributed by atoms with van der Waals surface area (Å²) < 4.78 is 7.60. The van der Waals surface area contributed by atoms with Gasteiger partial charge in [0.25, 0.3) is 5.69 Å². The van der Waals surface area contributed by atoms with Gasteiger partial charge >= 0.3 is 5.82 Å². The van der Waals surface area contributed by atoms with Gasteiger partial charge in [0.15, 0.2) is 23.8 Å². The monoisotopic (exact) mass is 363 g/mol. The number of nitrogens with zero attached hydrogens (tertiary/aromatic N) is 3. The van der Waals surface area contributed by atoms with Gasteiger partial charge in [-0.25, -0.2) is 9.13 Å². The molecule has 0 atom stereocenters. The fourth-order valence-corrected chi connectivity index (χ4v) is 4.50. The smallest absolute Gasteiger partial charge is 0.218 e. The SMILES string of the molecule is CCCCCCCCn1c2[n+](c3ccccc31)CCC[n+]1ccc(C)cc1-2. The Morgan fingerprint density at radius 2 is 1.78 bits per heavy atom. The van der Waals surface area contributed by atoms with Crippen LogP contribution < -0.4 is 9.13 Å². The molecule has 1 aliphatic heterocycles. The molecule has 0 saturated heterocycles. The van der Waals surface area contributed by atoms with Gasteiger partial charge in [0.1, 0.15) is 0 Å². The van der Waals surface area contributed by atoms with Gasteiger partial charge in [0, 0.05) is 18.6 Å². The second-order valence-corrected chi connectivity index (χ2v) is 8.02. The molecule has 0 bridgehead atoms. The van der Waals surface area contributed by atoms with Crippen molar-refractivity contribution in [3.05, 3.63) is 48.2 Å². The topological polar surface area (TPSA) is 12.7 Å². The molecular formula is C24H33N3+2. The minimum absolute atomic E-state index is 1.10. The second-order valence-electron chi connectivity index (χ2n) is 8.02. The normalized spacial score (nSPS) is 13.4. The van der Waals surface area contributed by atoms with E-state index in [-0.39, 0.29) is 0 Å². The standard InChI is InChI=1S/C24H33N3/c1-3-4-5-6-7-10-16-26-21-12-8-9-13-22(21)27-17-11-15-25-18-14-20(2)19-23(25)24(26)27/h8-9,12-14,18-19H,3-7,10-11,15-17H2,1-2H3/q+2. The Hall–Kier alpha value is -2.16. The summed E-state index contributed by atoms with van der Waals surface area (Å²) in [5.41, 5.74) is 5.48. The van der Waals surface area contributed by atoms with Crippen LogP contribution in [-0.4, -0.2) is 4.57 Å². The maximum atomic E-state index is 2.59. The van der Waals surface area contributed by atoms with Gasteiger partial charge in [0.05, 0.1) is 13.1 Å². The van der Waals surface area contributed by atoms with Crippen LogP contribution in [0.5, 0.6) is 0 Å². The van der Waals surface area contributed by atoms with E-state index in [9.17, 15) is 0 Å². The zero-order chi connectivity index (χ0) is 18.6. The van der Waals surface area contributed by atoms with Crippen molar-refractivity contribution in [1.82, 2.24) is 4.57 Å². The number of pyridine rings is 1. The fourth-order valence-electron chi connectivity index (χ4n) is 4.50. The highest BCUT2D eigenvalue weighted by molar-refractivity contribution is 5.75. The summed E-state index contributed by atoms with van der Waals surface area (Å²) in [7, 11) is 0. The lowest BCUT2D eigenvalue weighted by molar-refractivity contribution is -0.686. The molecule has 142 valence electrons. The molecule has 1 aliphatic rings. The number of aromatic nitrogens is 3. The Morgan fingerprint density at radius 3 is 2.67 bits per heavy atom. The summed E-state index contributed by atoms with van der Waals surface area (Å²) in [4.78, 5) is 0. The van der Waals surface area contributed by atoms with Crippen LogP contribution in [-0.2, 0) is 19.6 Å². The molecule has 0 N–H and O–H groups in total. The first kappa shape index (κ1) is 18.2. The van der Waals surface area contributed by atoms with Crippen LogP contribution in [0.25, 0.3) is 22.6 Å². The van der Waals surface area contributed by atoms with Crippen molar-refractivity contribution in [3.8, 4) is 11.5 Å². The van der Waals surface area contributed by atoms with Gasteiger partial charge in [-0.05, 0) is 37.5 Å². The zero-order valence-corrected chi connectivity index (χ0v) is 17.0. The van der Waals surface area contributed by atoms with E-state index in [0.29, 0.717) is 0 Å². The van der Waals surface area contributed by atoms with E-state index in [0.717, 1.165) is 19.6 Å². The number of aryl methyl sites for hydroxylation is 4. The Kier molecular flexibility index (Phi) is 5.56. The van der Waals surface area contributed by atoms with Crippen molar-refractivity contribution < 1.29 is 9.13 Å². The quantitative estimate of drug-likeness (QED) is 0.416. The maximum Gasteiger partial charge on any atom is 0.355 e. The minimum Gasteiger partial charge on any atom is -0.218 e. The average Bonchev–Trinajstić information content (AvgIpc) is 2.87. The van der Waals surface area contributed by atoms with Crippen LogP contribution in [0.4, 0.5) is 0 Å². The van der Waals surface area contributed by atoms with Crippen LogP contribution >= 0.6 is 0 Å². The van der Waals surface area contributed by atoms with Gasteiger partial charge in [-0.2, -0.15) is 4.57 Å². The molecule has 3 heteroatoms. The van der Waals surface area contributed by atoms with E-state index < -0.39 is 0 Å². The molecule has 0 saturated carbocycles. The van der Waals surface area contributed by atoms with Crippen LogP contribution in [0.2, 0.25) is 0 Å². The molecule has 0 fully saturated rings. The van der Waals surface area contributed by atoms with E-state index in [4.69, 9.17) is 0 Å². The number of fused-ring (bicyclic) bond motifs is 5. The highest BCUT2D eigenvalue weighted by Gasteiger charge is 2.34. The molecule has 3 nitrogen and oxygen atoms in total. The van der Waals surface area contributed by atoms with Crippen molar-refractivity contribution in [3.63, 3.8) is 0 Å². The predicted molar refractivity (Wildman–Crippen MR) is 110 cm³/mol. The second kappa shape index (κ2) is 8.24. The van der Waals surface area contributed by atoms with Gasteiger partial charge < -0.3 is 0 Å². The Labute approximate surface area is 163 Å². The van der Waals surface area contributed by atoms with E-state index >= 15 is 0 Å². The van der Waals surface area contributed by atoms with Gasteiger partial charge in [0.2, 0.25) is 0 Å². The summed E-state index contributed by atoms with van der Waals surface area (Å²) in [6.45, 7) is 7.80. The number of unbranched alkanes of at least 4 members (excludes halogenated alkanes) is 5. The van der Waals surface area contributed by atoms with Gasteiger partial charge in [-0.1, -0.05) is 44.7 Å². The molecular weight excluding hydrogens is 330 g/mol. The summed E-state index contributed by atoms with van der Waals surface area (Å²) in [5.74, 6) is 1.39. The molecule has 4 rings (SSSR count). The number of para-hydroxylation sites is 2. The zero-order valence-electron chi connectivity index (χ0n) is 17.0. The number of imidazole rings is 1. The van der Waals surface area contributed by atoms with E-state index in [1.54, 1.807) is 0 Å². The van der Waals surface area contributed by atoms with Crippen LogP contribution in [0.3, 0.4) is 0 Å². The summed E-state index contributed by atoms with van der Waals surface area (Å²) in [5, 5.41) is 0. The predicted octanol–water partition coefficient (Wildman–Crippen LogP) is 4.96. The van der Waals surface area contributed by atoms with Gasteiger partial charge in [-0.15, -0.1) is 0 Å². The first-order valence-electron chi connectivity index (χ1n) is 10.8. The molecule has 0 amide bonds. The molecule has 0 unspecified atom stereocenters. The molecule has 0 aliphatic carbocycles. The third kappa shape index (κ3) is 3.65. The molecule has 2 aromatic heterocycles. The van der Waals surface area contributed by atoms with E-state index in [1.165, 1.54) is 73.1 Å². The first-order chi connectivity index (χ1) is 13.3. The Morgan fingerprint density at radius 1 is 0.963 bits per heavy atom. The van der Waals surface area contributed by atoms with Crippen molar-refractivity contribution in [2.24, 2.45) is 0 Å². The largest absolute Gasteiger partial charge is 0.355 e. The Bertz CT molecular complexity index is 923. The van der Waals surface area contributed by atoms with E-state index in [2.05, 4.69) is 70.1 Å². The molecule has 3 heterocycles. The fraction of sp³-hybridized carbons (Fsp3) is 0.500. The van der Waals surface area contributed by atoms with Crippen LogP contribution in [0.1, 0.15) is 57.4 Å². The van der Waals surface area contributed by atoms with E-state index in [1.807, 2.05) is 0 Å². The van der Waals surface area contributed by atoms with Crippen LogP contribution in [0.15, 0.2) is 42.6 Å². The highest BCUT2D eigenvalue weighted by Crippen LogP contribution is 2.24. The summed E-state index contributed by atoms with van der Waals surface area (Å²) in [6.07, 6.45) is 11.5. The number of hydrogen-bond donors (Lipinski definition) is 0. The van der Waals surface area contributed by atoms with Crippen molar-refractivity contribution in [1.29, 1.82) is 0 Å². The molecule has 27 heavy (non-hydrogen) atoms. The highest BCUT2D eigenvalue weighted by atomic mass is 15.2. The number of hydrogen-bond acceptors (Lipinski definition) is 0. The van der Waals surface area contributed by atoms with Crippen molar-refractivity contribution >= 4 is 11.0 Å². The molecule has 3 aromatic rings. The lowest BCUT2D eigenvalue weighted by Gasteiger charge is -2.04. The Balaban J connectivity index is 1.73. The maximum absolute atomic E-state index is 2.59. The van der Waals surface area contributed by atoms with Crippen molar-refractivity contribution in [2.75, 3.05) is 0 Å². The minimum atomic E-state index is 1.10. The lowest BCUT2D eigenvalue weighted by atomic mass is 10.1. The third-order valence-corrected chi connectivity index (χ3v) is 5.91. The lowest BCUT2D eigenvalue weighted by Crippen LogP contribution is -2.37. The molecule has 0 radical (unpaired) electrons.